The van der Waals surface area contributed by atoms with Crippen molar-refractivity contribution < 1.29 is 9.53 Å². The van der Waals surface area contributed by atoms with Gasteiger partial charge in [0.1, 0.15) is 5.75 Å². The van der Waals surface area contributed by atoms with Crippen molar-refractivity contribution in [3.63, 3.8) is 0 Å². The largest absolute Gasteiger partial charge is 0.493 e. The van der Waals surface area contributed by atoms with E-state index in [1.54, 1.807) is 0 Å². The molecule has 1 aliphatic heterocycles. The summed E-state index contributed by atoms with van der Waals surface area (Å²) < 4.78 is 5.78. The molecule has 3 N–H and O–H groups in total. The standard InChI is InChI=1S/C15H20N2O2.ClH/c1-2-10-4-3-5-11-12(6-9-19-13(10)11)17-14(18)15(16)7-8-15;/h3-5,12H,2,6-9,16H2,1H3,(H,17,18);1H. The second-order valence-electron chi connectivity index (χ2n) is 5.51. The van der Waals surface area contributed by atoms with Gasteiger partial charge in [0.25, 0.3) is 0 Å². The van der Waals surface area contributed by atoms with Gasteiger partial charge in [-0.1, -0.05) is 25.1 Å². The second kappa shape index (κ2) is 5.62. The number of hydrogen-bond acceptors (Lipinski definition) is 3. The van der Waals surface area contributed by atoms with E-state index in [2.05, 4.69) is 18.3 Å². The lowest BCUT2D eigenvalue weighted by molar-refractivity contribution is -0.124. The number of hydrogen-bond donors (Lipinski definition) is 2. The van der Waals surface area contributed by atoms with E-state index in [1.807, 2.05) is 12.1 Å². The number of carbonyl (C=O) groups is 1. The number of para-hydroxylation sites is 1. The van der Waals surface area contributed by atoms with Gasteiger partial charge in [-0.05, 0) is 24.8 Å². The zero-order chi connectivity index (χ0) is 13.5. The number of rotatable bonds is 3. The lowest BCUT2D eigenvalue weighted by Crippen LogP contribution is -2.45. The summed E-state index contributed by atoms with van der Waals surface area (Å²) in [4.78, 5) is 12.1. The Labute approximate surface area is 125 Å². The fourth-order valence-corrected chi connectivity index (χ4v) is 2.58. The molecule has 3 rings (SSSR count). The van der Waals surface area contributed by atoms with E-state index in [4.69, 9.17) is 10.5 Å². The van der Waals surface area contributed by atoms with E-state index in [1.165, 1.54) is 5.56 Å². The third-order valence-corrected chi connectivity index (χ3v) is 4.08. The Bertz CT molecular complexity index is 515. The fraction of sp³-hybridized carbons (Fsp3) is 0.533. The van der Waals surface area contributed by atoms with E-state index in [-0.39, 0.29) is 24.4 Å². The van der Waals surface area contributed by atoms with Crippen molar-refractivity contribution in [2.75, 3.05) is 6.61 Å². The van der Waals surface area contributed by atoms with Crippen LogP contribution in [0.25, 0.3) is 0 Å². The van der Waals surface area contributed by atoms with E-state index < -0.39 is 5.54 Å². The highest BCUT2D eigenvalue weighted by atomic mass is 35.5. The molecule has 1 saturated carbocycles. The van der Waals surface area contributed by atoms with Crippen molar-refractivity contribution in [1.29, 1.82) is 0 Å². The summed E-state index contributed by atoms with van der Waals surface area (Å²) in [6, 6.07) is 6.17. The van der Waals surface area contributed by atoms with Crippen molar-refractivity contribution >= 4 is 18.3 Å². The molecule has 4 nitrogen and oxygen atoms in total. The van der Waals surface area contributed by atoms with Crippen LogP contribution in [0.3, 0.4) is 0 Å². The lowest BCUT2D eigenvalue weighted by atomic mass is 9.96. The summed E-state index contributed by atoms with van der Waals surface area (Å²) in [5.74, 6) is 0.927. The minimum absolute atomic E-state index is 0. The Hall–Kier alpha value is -1.26. The molecule has 20 heavy (non-hydrogen) atoms. The summed E-state index contributed by atoms with van der Waals surface area (Å²) in [6.07, 6.45) is 3.33. The maximum atomic E-state index is 12.1. The Kier molecular flexibility index (Phi) is 4.25. The van der Waals surface area contributed by atoms with E-state index >= 15 is 0 Å². The number of benzene rings is 1. The molecule has 2 aliphatic rings. The van der Waals surface area contributed by atoms with Crippen LogP contribution in [0, 0.1) is 0 Å². The maximum absolute atomic E-state index is 12.1. The van der Waals surface area contributed by atoms with Crippen molar-refractivity contribution in [2.45, 2.75) is 44.2 Å². The van der Waals surface area contributed by atoms with Gasteiger partial charge in [0.2, 0.25) is 5.91 Å². The molecule has 1 heterocycles. The molecule has 0 radical (unpaired) electrons. The molecule has 1 fully saturated rings. The Morgan fingerprint density at radius 3 is 2.90 bits per heavy atom. The van der Waals surface area contributed by atoms with Crippen molar-refractivity contribution in [2.24, 2.45) is 5.73 Å². The van der Waals surface area contributed by atoms with E-state index in [9.17, 15) is 4.79 Å². The average molecular weight is 297 g/mol. The van der Waals surface area contributed by atoms with E-state index in [0.29, 0.717) is 6.61 Å². The molecule has 0 aromatic heterocycles. The highest BCUT2D eigenvalue weighted by Gasteiger charge is 2.46. The predicted octanol–water partition coefficient (Wildman–Crippen LogP) is 2.10. The number of nitrogens with one attached hydrogen (secondary N) is 1. The van der Waals surface area contributed by atoms with Crippen LogP contribution in [0.15, 0.2) is 18.2 Å². The first-order chi connectivity index (χ1) is 9.14. The number of halogens is 1. The summed E-state index contributed by atoms with van der Waals surface area (Å²) in [5, 5.41) is 3.08. The van der Waals surface area contributed by atoms with Gasteiger partial charge in [0.15, 0.2) is 0 Å². The second-order valence-corrected chi connectivity index (χ2v) is 5.51. The Morgan fingerprint density at radius 1 is 1.50 bits per heavy atom. The highest BCUT2D eigenvalue weighted by molar-refractivity contribution is 5.89. The molecule has 1 unspecified atom stereocenters. The number of carbonyl (C=O) groups excluding carboxylic acids is 1. The maximum Gasteiger partial charge on any atom is 0.240 e. The minimum atomic E-state index is -0.610. The van der Waals surface area contributed by atoms with E-state index in [0.717, 1.165) is 37.0 Å². The van der Waals surface area contributed by atoms with Crippen molar-refractivity contribution in [3.8, 4) is 5.75 Å². The minimum Gasteiger partial charge on any atom is -0.493 e. The fourth-order valence-electron chi connectivity index (χ4n) is 2.58. The molecule has 5 heteroatoms. The third kappa shape index (κ3) is 2.63. The van der Waals surface area contributed by atoms with Crippen LogP contribution in [0.4, 0.5) is 0 Å². The molecule has 1 aromatic carbocycles. The molecule has 1 atom stereocenters. The number of fused-ring (bicyclic) bond motifs is 1. The predicted molar refractivity (Wildman–Crippen MR) is 80.2 cm³/mol. The Morgan fingerprint density at radius 2 is 2.25 bits per heavy atom. The third-order valence-electron chi connectivity index (χ3n) is 4.08. The van der Waals surface area contributed by atoms with Crippen LogP contribution in [0.5, 0.6) is 5.75 Å². The topological polar surface area (TPSA) is 64.3 Å². The first kappa shape index (κ1) is 15.1. The van der Waals surface area contributed by atoms with Crippen LogP contribution in [0.1, 0.15) is 43.4 Å². The molecule has 1 aliphatic carbocycles. The SMILES string of the molecule is CCc1cccc2c1OCCC2NC(=O)C1(N)CC1.Cl. The van der Waals surface area contributed by atoms with Gasteiger partial charge in [-0.25, -0.2) is 0 Å². The average Bonchev–Trinajstić information content (AvgIpc) is 3.18. The van der Waals surface area contributed by atoms with Crippen LogP contribution in [0.2, 0.25) is 0 Å². The van der Waals surface area contributed by atoms with Gasteiger partial charge in [-0.15, -0.1) is 12.4 Å². The molecule has 0 bridgehead atoms. The highest BCUT2D eigenvalue weighted by Crippen LogP contribution is 2.37. The summed E-state index contributed by atoms with van der Waals surface area (Å²) in [5.41, 5.74) is 7.62. The normalized spacial score (nSPS) is 22.0. The van der Waals surface area contributed by atoms with Gasteiger partial charge in [-0.3, -0.25) is 4.79 Å². The zero-order valence-corrected chi connectivity index (χ0v) is 12.5. The number of amides is 1. The van der Waals surface area contributed by atoms with Crippen LogP contribution < -0.4 is 15.8 Å². The number of ether oxygens (including phenoxy) is 1. The van der Waals surface area contributed by atoms with Crippen LogP contribution in [-0.2, 0) is 11.2 Å². The summed E-state index contributed by atoms with van der Waals surface area (Å²) in [7, 11) is 0. The van der Waals surface area contributed by atoms with Gasteiger partial charge in [0, 0.05) is 12.0 Å². The van der Waals surface area contributed by atoms with Gasteiger partial charge >= 0.3 is 0 Å². The van der Waals surface area contributed by atoms with Gasteiger partial charge in [0.05, 0.1) is 18.2 Å². The number of nitrogens with two attached hydrogens (primary N) is 1. The van der Waals surface area contributed by atoms with Gasteiger partial charge < -0.3 is 15.8 Å². The first-order valence-corrected chi connectivity index (χ1v) is 6.98. The molecule has 0 spiro atoms. The van der Waals surface area contributed by atoms with Crippen LogP contribution in [-0.4, -0.2) is 18.1 Å². The zero-order valence-electron chi connectivity index (χ0n) is 11.6. The van der Waals surface area contributed by atoms with Crippen LogP contribution >= 0.6 is 12.4 Å². The summed E-state index contributed by atoms with van der Waals surface area (Å²) in [6.45, 7) is 2.76. The first-order valence-electron chi connectivity index (χ1n) is 6.98. The lowest BCUT2D eigenvalue weighted by Gasteiger charge is -2.29. The quantitative estimate of drug-likeness (QED) is 0.898. The monoisotopic (exact) mass is 296 g/mol. The van der Waals surface area contributed by atoms with Crippen molar-refractivity contribution in [1.82, 2.24) is 5.32 Å². The molecule has 1 aromatic rings. The van der Waals surface area contributed by atoms with Gasteiger partial charge in [-0.2, -0.15) is 0 Å². The Balaban J connectivity index is 0.00000147. The number of aryl methyl sites for hydroxylation is 1. The summed E-state index contributed by atoms with van der Waals surface area (Å²) >= 11 is 0. The molecular weight excluding hydrogens is 276 g/mol. The molecule has 1 amide bonds. The smallest absolute Gasteiger partial charge is 0.240 e. The van der Waals surface area contributed by atoms with Crippen molar-refractivity contribution in [3.05, 3.63) is 29.3 Å². The molecule has 0 saturated heterocycles. The molecule has 110 valence electrons. The molecular formula is C15H21ClN2O2.